The van der Waals surface area contributed by atoms with E-state index in [9.17, 15) is 28.0 Å². The van der Waals surface area contributed by atoms with Gasteiger partial charge in [0.05, 0.1) is 0 Å². The van der Waals surface area contributed by atoms with E-state index >= 15 is 0 Å². The Labute approximate surface area is 245 Å². The van der Waals surface area contributed by atoms with Crippen LogP contribution in [0.1, 0.15) is 61.0 Å². The molecule has 3 atom stereocenters. The molecule has 1 aliphatic rings. The molecular formula is C31H40F2N4O5. The van der Waals surface area contributed by atoms with Crippen molar-refractivity contribution >= 4 is 35.2 Å². The van der Waals surface area contributed by atoms with Gasteiger partial charge < -0.3 is 15.4 Å². The minimum atomic E-state index is -1.21. The van der Waals surface area contributed by atoms with Crippen molar-refractivity contribution in [3.63, 3.8) is 0 Å². The fourth-order valence-corrected chi connectivity index (χ4v) is 4.94. The van der Waals surface area contributed by atoms with E-state index in [2.05, 4.69) is 10.6 Å². The number of para-hydroxylation sites is 2. The topological polar surface area (TPSA) is 108 Å². The van der Waals surface area contributed by atoms with Gasteiger partial charge in [-0.3, -0.25) is 24.2 Å². The summed E-state index contributed by atoms with van der Waals surface area (Å²) in [5, 5.41) is 5.09. The Kier molecular flexibility index (Phi) is 9.34. The number of amides is 4. The van der Waals surface area contributed by atoms with Gasteiger partial charge in [-0.05, 0) is 57.4 Å². The lowest BCUT2D eigenvalue weighted by Crippen LogP contribution is -2.60. The molecule has 1 aliphatic heterocycles. The highest BCUT2D eigenvalue weighted by molar-refractivity contribution is 6.11. The maximum atomic E-state index is 14.5. The Hall–Kier alpha value is -4.02. The predicted octanol–water partition coefficient (Wildman–Crippen LogP) is 4.99. The zero-order chi connectivity index (χ0) is 31.7. The van der Waals surface area contributed by atoms with Gasteiger partial charge in [0.25, 0.3) is 5.91 Å². The molecule has 0 fully saturated rings. The molecular weight excluding hydrogens is 546 g/mol. The minimum absolute atomic E-state index is 0.427. The van der Waals surface area contributed by atoms with Crippen molar-refractivity contribution in [2.24, 2.45) is 5.92 Å². The summed E-state index contributed by atoms with van der Waals surface area (Å²) >= 11 is 0. The average molecular weight is 587 g/mol. The molecule has 2 aromatic rings. The van der Waals surface area contributed by atoms with E-state index in [-0.39, 0.29) is 0 Å². The molecule has 0 aliphatic carbocycles. The molecule has 2 aromatic carbocycles. The largest absolute Gasteiger partial charge is 0.444 e. The lowest BCUT2D eigenvalue weighted by Gasteiger charge is -2.35. The number of likely N-dealkylation sites (N-methyl/N-ethyl adjacent to an activating group) is 1. The highest BCUT2D eigenvalue weighted by atomic mass is 19.1. The van der Waals surface area contributed by atoms with Gasteiger partial charge >= 0.3 is 6.09 Å². The van der Waals surface area contributed by atoms with Crippen LogP contribution in [-0.4, -0.2) is 59.5 Å². The van der Waals surface area contributed by atoms with Gasteiger partial charge in [0, 0.05) is 18.2 Å². The molecule has 0 aromatic heterocycles. The van der Waals surface area contributed by atoms with Crippen LogP contribution >= 0.6 is 0 Å². The van der Waals surface area contributed by atoms with E-state index in [1.807, 2.05) is 0 Å². The molecule has 0 radical (unpaired) electrons. The SMILES string of the molecule is CC(C)C(NC(=O)C(C)N(C)C(=O)OC(C)(C)C)C(=O)N1c2ccccc2C(C)(C)[C@H]1C(=O)Nc1c(F)cccc1F. The normalized spacial score (nSPS) is 17.2. The van der Waals surface area contributed by atoms with Gasteiger partial charge in [-0.25, -0.2) is 13.6 Å². The highest BCUT2D eigenvalue weighted by Crippen LogP contribution is 2.46. The molecule has 228 valence electrons. The number of anilines is 2. The number of carbonyl (C=O) groups is 4. The number of benzene rings is 2. The number of nitrogens with zero attached hydrogens (tertiary/aromatic N) is 2. The Morgan fingerprint density at radius 1 is 0.976 bits per heavy atom. The van der Waals surface area contributed by atoms with E-state index in [0.29, 0.717) is 11.3 Å². The second kappa shape index (κ2) is 12.1. The predicted molar refractivity (Wildman–Crippen MR) is 156 cm³/mol. The fraction of sp³-hybridized carbons (Fsp3) is 0.484. The highest BCUT2D eigenvalue weighted by Gasteiger charge is 2.52. The third-order valence-corrected chi connectivity index (χ3v) is 7.37. The van der Waals surface area contributed by atoms with E-state index in [1.165, 1.54) is 24.9 Å². The van der Waals surface area contributed by atoms with Crippen molar-refractivity contribution < 1.29 is 32.7 Å². The first-order valence-corrected chi connectivity index (χ1v) is 13.8. The monoisotopic (exact) mass is 586 g/mol. The van der Waals surface area contributed by atoms with E-state index in [0.717, 1.165) is 17.0 Å². The van der Waals surface area contributed by atoms with Crippen LogP contribution in [0.2, 0.25) is 0 Å². The molecule has 11 heteroatoms. The summed E-state index contributed by atoms with van der Waals surface area (Å²) in [4.78, 5) is 56.3. The molecule has 2 N–H and O–H groups in total. The van der Waals surface area contributed by atoms with Gasteiger partial charge in [0.15, 0.2) is 0 Å². The molecule has 0 saturated heterocycles. The van der Waals surface area contributed by atoms with Crippen LogP contribution in [0.5, 0.6) is 0 Å². The molecule has 2 unspecified atom stereocenters. The van der Waals surface area contributed by atoms with Gasteiger partial charge in [0.2, 0.25) is 11.8 Å². The Morgan fingerprint density at radius 3 is 2.10 bits per heavy atom. The number of hydrogen-bond acceptors (Lipinski definition) is 5. The second-order valence-electron chi connectivity index (χ2n) is 12.4. The molecule has 9 nitrogen and oxygen atoms in total. The van der Waals surface area contributed by atoms with Gasteiger partial charge in [-0.1, -0.05) is 52.0 Å². The number of ether oxygens (including phenoxy) is 1. The molecule has 0 spiro atoms. The Bertz CT molecular complexity index is 1350. The summed E-state index contributed by atoms with van der Waals surface area (Å²) in [6, 6.07) is 6.89. The Morgan fingerprint density at radius 2 is 1.55 bits per heavy atom. The molecule has 42 heavy (non-hydrogen) atoms. The maximum absolute atomic E-state index is 14.5. The smallest absolute Gasteiger partial charge is 0.410 e. The maximum Gasteiger partial charge on any atom is 0.410 e. The van der Waals surface area contributed by atoms with Crippen LogP contribution in [0.15, 0.2) is 42.5 Å². The van der Waals surface area contributed by atoms with Gasteiger partial charge in [0.1, 0.15) is 41.0 Å². The number of fused-ring (bicyclic) bond motifs is 1. The van der Waals surface area contributed by atoms with Crippen LogP contribution < -0.4 is 15.5 Å². The summed E-state index contributed by atoms with van der Waals surface area (Å²) in [6.07, 6.45) is -0.704. The number of halogens is 2. The zero-order valence-electron chi connectivity index (χ0n) is 25.5. The van der Waals surface area contributed by atoms with Crippen LogP contribution in [0.25, 0.3) is 0 Å². The number of hydrogen-bond donors (Lipinski definition) is 2. The van der Waals surface area contributed by atoms with Crippen LogP contribution in [0.3, 0.4) is 0 Å². The molecule has 1 heterocycles. The summed E-state index contributed by atoms with van der Waals surface area (Å²) in [7, 11) is 1.42. The van der Waals surface area contributed by atoms with Crippen LogP contribution in [0.4, 0.5) is 25.0 Å². The van der Waals surface area contributed by atoms with Crippen molar-refractivity contribution in [2.45, 2.75) is 84.5 Å². The number of nitrogens with one attached hydrogen (secondary N) is 2. The van der Waals surface area contributed by atoms with Crippen molar-refractivity contribution in [1.82, 2.24) is 10.2 Å². The van der Waals surface area contributed by atoms with E-state index in [4.69, 9.17) is 4.74 Å². The quantitative estimate of drug-likeness (QED) is 0.475. The van der Waals surface area contributed by atoms with Crippen LogP contribution in [-0.2, 0) is 24.5 Å². The van der Waals surface area contributed by atoms with Gasteiger partial charge in [-0.2, -0.15) is 0 Å². The first-order valence-electron chi connectivity index (χ1n) is 13.8. The Balaban J connectivity index is 1.96. The van der Waals surface area contributed by atoms with Gasteiger partial charge in [-0.15, -0.1) is 0 Å². The molecule has 4 amide bonds. The summed E-state index contributed by atoms with van der Waals surface area (Å²) < 4.78 is 34.3. The number of carbonyl (C=O) groups excluding carboxylic acids is 4. The summed E-state index contributed by atoms with van der Waals surface area (Å²) in [6.45, 7) is 13.6. The summed E-state index contributed by atoms with van der Waals surface area (Å²) in [5.74, 6) is -4.31. The van der Waals surface area contributed by atoms with E-state index in [1.54, 1.807) is 72.7 Å². The molecule has 0 saturated carbocycles. The van der Waals surface area contributed by atoms with Crippen molar-refractivity contribution in [1.29, 1.82) is 0 Å². The third kappa shape index (κ3) is 6.55. The second-order valence-corrected chi connectivity index (χ2v) is 12.4. The standard InChI is InChI=1S/C31H40F2N4O5/c1-17(2)23(34-26(38)18(3)36(9)29(41)42-30(4,5)6)28(40)37-22-16-11-10-13-19(22)31(7,8)25(37)27(39)35-24-20(32)14-12-15-21(24)33/h10-18,23,25H,1-9H3,(H,34,38)(H,35,39)/t18?,23?,25-/m1/s1. The lowest BCUT2D eigenvalue weighted by atomic mass is 9.80. The first-order chi connectivity index (χ1) is 19.4. The zero-order valence-corrected chi connectivity index (χ0v) is 25.5. The van der Waals surface area contributed by atoms with Crippen LogP contribution in [0, 0.1) is 17.6 Å². The number of rotatable bonds is 7. The van der Waals surface area contributed by atoms with Crippen molar-refractivity contribution in [3.8, 4) is 0 Å². The average Bonchev–Trinajstić information content (AvgIpc) is 3.13. The van der Waals surface area contributed by atoms with E-state index < -0.39 is 76.2 Å². The lowest BCUT2D eigenvalue weighted by molar-refractivity contribution is -0.132. The fourth-order valence-electron chi connectivity index (χ4n) is 4.94. The third-order valence-electron chi connectivity index (χ3n) is 7.37. The first kappa shape index (κ1) is 32.5. The van der Waals surface area contributed by atoms with Crippen molar-refractivity contribution in [2.75, 3.05) is 17.3 Å². The molecule has 3 rings (SSSR count). The minimum Gasteiger partial charge on any atom is -0.444 e. The van der Waals surface area contributed by atoms with Crippen molar-refractivity contribution in [3.05, 3.63) is 59.7 Å². The molecule has 0 bridgehead atoms. The summed E-state index contributed by atoms with van der Waals surface area (Å²) in [5.41, 5.74) is -1.22.